The highest BCUT2D eigenvalue weighted by atomic mass is 79.9. The van der Waals surface area contributed by atoms with E-state index in [0.717, 1.165) is 5.56 Å². The molecule has 0 aliphatic carbocycles. The molecule has 1 aromatic rings. The second kappa shape index (κ2) is 4.23. The van der Waals surface area contributed by atoms with Crippen molar-refractivity contribution in [1.82, 2.24) is 0 Å². The van der Waals surface area contributed by atoms with Crippen LogP contribution in [-0.4, -0.2) is 5.96 Å². The second-order valence-electron chi connectivity index (χ2n) is 2.48. The zero-order valence-corrected chi connectivity index (χ0v) is 8.38. The smallest absolute Gasteiger partial charge is 0.186 e. The Bertz CT molecular complexity index is 334. The third-order valence-electron chi connectivity index (χ3n) is 1.45. The van der Waals surface area contributed by atoms with E-state index >= 15 is 0 Å². The van der Waals surface area contributed by atoms with Crippen molar-refractivity contribution in [3.63, 3.8) is 0 Å². The molecule has 0 aromatic heterocycles. The summed E-state index contributed by atoms with van der Waals surface area (Å²) in [7, 11) is 0. The molecule has 3 nitrogen and oxygen atoms in total. The fraction of sp³-hybridized carbons (Fsp3) is 0.125. The van der Waals surface area contributed by atoms with E-state index in [9.17, 15) is 4.39 Å². The largest absolute Gasteiger partial charge is 0.370 e. The number of nitrogens with zero attached hydrogens (tertiary/aromatic N) is 1. The molecule has 1 rings (SSSR count). The highest BCUT2D eigenvalue weighted by Crippen LogP contribution is 2.18. The summed E-state index contributed by atoms with van der Waals surface area (Å²) in [5, 5.41) is 0. The summed E-state index contributed by atoms with van der Waals surface area (Å²) in [4.78, 5) is 3.81. The Labute approximate surface area is 83.8 Å². The van der Waals surface area contributed by atoms with Gasteiger partial charge in [-0.15, -0.1) is 0 Å². The average Bonchev–Trinajstić information content (AvgIpc) is 2.02. The average molecular weight is 246 g/mol. The van der Waals surface area contributed by atoms with E-state index in [1.165, 1.54) is 12.1 Å². The van der Waals surface area contributed by atoms with Crippen molar-refractivity contribution in [2.45, 2.75) is 6.54 Å². The molecule has 0 heterocycles. The fourth-order valence-corrected chi connectivity index (χ4v) is 1.30. The number of benzene rings is 1. The number of guanidine groups is 1. The highest BCUT2D eigenvalue weighted by molar-refractivity contribution is 9.10. The van der Waals surface area contributed by atoms with Crippen molar-refractivity contribution >= 4 is 21.9 Å². The van der Waals surface area contributed by atoms with Crippen molar-refractivity contribution in [2.24, 2.45) is 16.5 Å². The molecule has 70 valence electrons. The SMILES string of the molecule is NC(N)=NCc1ccc(F)cc1Br. The molecular weight excluding hydrogens is 237 g/mol. The van der Waals surface area contributed by atoms with Gasteiger partial charge in [0.15, 0.2) is 5.96 Å². The van der Waals surface area contributed by atoms with Gasteiger partial charge < -0.3 is 11.5 Å². The monoisotopic (exact) mass is 245 g/mol. The minimum atomic E-state index is -0.291. The maximum absolute atomic E-state index is 12.6. The number of hydrogen-bond acceptors (Lipinski definition) is 1. The molecule has 1 aromatic carbocycles. The normalized spacial score (nSPS) is 9.69. The maximum Gasteiger partial charge on any atom is 0.186 e. The molecule has 0 unspecified atom stereocenters. The van der Waals surface area contributed by atoms with Crippen molar-refractivity contribution in [3.8, 4) is 0 Å². The number of halogens is 2. The Morgan fingerprint density at radius 3 is 2.69 bits per heavy atom. The Hall–Kier alpha value is -1.10. The van der Waals surface area contributed by atoms with E-state index in [-0.39, 0.29) is 11.8 Å². The lowest BCUT2D eigenvalue weighted by molar-refractivity contribution is 0.626. The molecule has 0 amide bonds. The summed E-state index contributed by atoms with van der Waals surface area (Å²) >= 11 is 3.21. The van der Waals surface area contributed by atoms with Crippen LogP contribution in [0.4, 0.5) is 4.39 Å². The Balaban J connectivity index is 2.84. The summed E-state index contributed by atoms with van der Waals surface area (Å²) in [6, 6.07) is 4.37. The number of rotatable bonds is 2. The lowest BCUT2D eigenvalue weighted by atomic mass is 10.2. The molecule has 0 fully saturated rings. The van der Waals surface area contributed by atoms with Gasteiger partial charge >= 0.3 is 0 Å². The maximum atomic E-state index is 12.6. The van der Waals surface area contributed by atoms with Crippen molar-refractivity contribution < 1.29 is 4.39 Å². The van der Waals surface area contributed by atoms with Gasteiger partial charge in [0.05, 0.1) is 6.54 Å². The van der Waals surface area contributed by atoms with E-state index in [1.807, 2.05) is 0 Å². The lowest BCUT2D eigenvalue weighted by Gasteiger charge is -2.00. The van der Waals surface area contributed by atoms with Crippen LogP contribution in [0.2, 0.25) is 0 Å². The molecule has 0 saturated carbocycles. The van der Waals surface area contributed by atoms with Crippen LogP contribution >= 0.6 is 15.9 Å². The van der Waals surface area contributed by atoms with E-state index in [2.05, 4.69) is 20.9 Å². The lowest BCUT2D eigenvalue weighted by Crippen LogP contribution is -2.22. The number of nitrogens with two attached hydrogens (primary N) is 2. The van der Waals surface area contributed by atoms with Crippen LogP contribution in [0, 0.1) is 5.82 Å². The summed E-state index contributed by atoms with van der Waals surface area (Å²) in [5.74, 6) is -0.267. The Kier molecular flexibility index (Phi) is 3.25. The molecule has 13 heavy (non-hydrogen) atoms. The first kappa shape index (κ1) is 9.98. The van der Waals surface area contributed by atoms with Crippen molar-refractivity contribution in [1.29, 1.82) is 0 Å². The minimum Gasteiger partial charge on any atom is -0.370 e. The number of hydrogen-bond donors (Lipinski definition) is 2. The summed E-state index contributed by atoms with van der Waals surface area (Å²) in [6.07, 6.45) is 0. The third kappa shape index (κ3) is 3.02. The predicted octanol–water partition coefficient (Wildman–Crippen LogP) is 1.36. The van der Waals surface area contributed by atoms with Gasteiger partial charge in [0, 0.05) is 4.47 Å². The summed E-state index contributed by atoms with van der Waals surface area (Å²) in [6.45, 7) is 0.350. The summed E-state index contributed by atoms with van der Waals surface area (Å²) < 4.78 is 13.3. The van der Waals surface area contributed by atoms with Crippen LogP contribution in [0.3, 0.4) is 0 Å². The topological polar surface area (TPSA) is 64.4 Å². The van der Waals surface area contributed by atoms with Crippen molar-refractivity contribution in [2.75, 3.05) is 0 Å². The molecule has 0 saturated heterocycles. The standard InChI is InChI=1S/C8H9BrFN3/c9-7-3-6(10)2-1-5(7)4-13-8(11)12/h1-3H,4H2,(H4,11,12,13). The van der Waals surface area contributed by atoms with Gasteiger partial charge in [0.1, 0.15) is 5.82 Å². The Morgan fingerprint density at radius 1 is 1.46 bits per heavy atom. The van der Waals surface area contributed by atoms with E-state index < -0.39 is 0 Å². The van der Waals surface area contributed by atoms with Gasteiger partial charge in [-0.2, -0.15) is 0 Å². The molecule has 0 radical (unpaired) electrons. The first-order valence-electron chi connectivity index (χ1n) is 3.59. The molecule has 0 aliphatic heterocycles. The zero-order chi connectivity index (χ0) is 9.84. The predicted molar refractivity (Wildman–Crippen MR) is 53.6 cm³/mol. The van der Waals surface area contributed by atoms with Crippen LogP contribution in [0.15, 0.2) is 27.7 Å². The fourth-order valence-electron chi connectivity index (χ4n) is 0.826. The van der Waals surface area contributed by atoms with Crippen LogP contribution in [0.25, 0.3) is 0 Å². The molecule has 0 spiro atoms. The van der Waals surface area contributed by atoms with Crippen LogP contribution < -0.4 is 11.5 Å². The molecule has 0 bridgehead atoms. The number of aliphatic imine (C=N–C) groups is 1. The molecule has 0 atom stereocenters. The van der Waals surface area contributed by atoms with Gasteiger partial charge in [-0.1, -0.05) is 22.0 Å². The molecule has 4 N–H and O–H groups in total. The van der Waals surface area contributed by atoms with Crippen LogP contribution in [-0.2, 0) is 6.54 Å². The third-order valence-corrected chi connectivity index (χ3v) is 2.19. The molecule has 5 heteroatoms. The van der Waals surface area contributed by atoms with Gasteiger partial charge in [0.2, 0.25) is 0 Å². The van der Waals surface area contributed by atoms with E-state index in [4.69, 9.17) is 11.5 Å². The van der Waals surface area contributed by atoms with E-state index in [0.29, 0.717) is 11.0 Å². The molecule has 0 aliphatic rings. The van der Waals surface area contributed by atoms with Gasteiger partial charge in [0.25, 0.3) is 0 Å². The van der Waals surface area contributed by atoms with Crippen LogP contribution in [0.5, 0.6) is 0 Å². The first-order valence-corrected chi connectivity index (χ1v) is 4.38. The second-order valence-corrected chi connectivity index (χ2v) is 3.33. The molecular formula is C8H9BrFN3. The summed E-state index contributed by atoms with van der Waals surface area (Å²) in [5.41, 5.74) is 11.2. The zero-order valence-electron chi connectivity index (χ0n) is 6.80. The van der Waals surface area contributed by atoms with E-state index in [1.54, 1.807) is 6.07 Å². The van der Waals surface area contributed by atoms with Crippen LogP contribution in [0.1, 0.15) is 5.56 Å². The first-order chi connectivity index (χ1) is 6.09. The highest BCUT2D eigenvalue weighted by Gasteiger charge is 1.99. The van der Waals surface area contributed by atoms with Gasteiger partial charge in [-0.3, -0.25) is 0 Å². The van der Waals surface area contributed by atoms with Gasteiger partial charge in [-0.25, -0.2) is 9.38 Å². The quantitative estimate of drug-likeness (QED) is 0.611. The van der Waals surface area contributed by atoms with Crippen molar-refractivity contribution in [3.05, 3.63) is 34.1 Å². The van der Waals surface area contributed by atoms with Gasteiger partial charge in [-0.05, 0) is 17.7 Å². The Morgan fingerprint density at radius 2 is 2.15 bits per heavy atom. The minimum absolute atomic E-state index is 0.0243.